The third-order valence-electron chi connectivity index (χ3n) is 3.50. The molecule has 3 rings (SSSR count). The van der Waals surface area contributed by atoms with E-state index in [9.17, 15) is 9.59 Å². The van der Waals surface area contributed by atoms with Crippen LogP contribution in [0.4, 0.5) is 0 Å². The van der Waals surface area contributed by atoms with E-state index in [0.29, 0.717) is 18.7 Å². The van der Waals surface area contributed by atoms with Gasteiger partial charge in [-0.25, -0.2) is 0 Å². The summed E-state index contributed by atoms with van der Waals surface area (Å²) in [7, 11) is 0. The van der Waals surface area contributed by atoms with Crippen molar-refractivity contribution in [1.82, 2.24) is 15.6 Å². The zero-order valence-corrected chi connectivity index (χ0v) is 11.1. The minimum absolute atomic E-state index is 0.104. The smallest absolute Gasteiger partial charge is 0.252 e. The van der Waals surface area contributed by atoms with Gasteiger partial charge in [-0.05, 0) is 31.0 Å². The van der Waals surface area contributed by atoms with Crippen LogP contribution in [0.3, 0.4) is 0 Å². The molecular weight excluding hydrogens is 254 g/mol. The fourth-order valence-corrected chi connectivity index (χ4v) is 2.23. The van der Waals surface area contributed by atoms with Gasteiger partial charge in [0.15, 0.2) is 0 Å². The predicted molar refractivity (Wildman–Crippen MR) is 76.4 cm³/mol. The number of amides is 2. The van der Waals surface area contributed by atoms with Crippen LogP contribution in [0.15, 0.2) is 30.5 Å². The molecule has 1 fully saturated rings. The fraction of sp³-hybridized carbons (Fsp3) is 0.333. The summed E-state index contributed by atoms with van der Waals surface area (Å²) in [5, 5.41) is 6.56. The highest BCUT2D eigenvalue weighted by Gasteiger charge is 2.28. The number of hydrogen-bond donors (Lipinski definition) is 3. The van der Waals surface area contributed by atoms with Crippen molar-refractivity contribution in [2.75, 3.05) is 13.1 Å². The molecule has 1 saturated carbocycles. The lowest BCUT2D eigenvalue weighted by Crippen LogP contribution is -2.35. The molecule has 104 valence electrons. The lowest BCUT2D eigenvalue weighted by molar-refractivity contribution is -0.122. The summed E-state index contributed by atoms with van der Waals surface area (Å²) in [6, 6.07) is 7.47. The van der Waals surface area contributed by atoms with Crippen LogP contribution in [0.25, 0.3) is 10.9 Å². The molecule has 1 aliphatic carbocycles. The van der Waals surface area contributed by atoms with Crippen LogP contribution in [-0.2, 0) is 4.79 Å². The maximum atomic E-state index is 12.1. The molecule has 2 amide bonds. The van der Waals surface area contributed by atoms with Gasteiger partial charge in [0, 0.05) is 41.7 Å². The van der Waals surface area contributed by atoms with Crippen LogP contribution >= 0.6 is 0 Å². The highest BCUT2D eigenvalue weighted by atomic mass is 16.2. The summed E-state index contributed by atoms with van der Waals surface area (Å²) in [6.07, 6.45) is 3.80. The van der Waals surface area contributed by atoms with Crippen molar-refractivity contribution in [3.8, 4) is 0 Å². The van der Waals surface area contributed by atoms with Gasteiger partial charge in [-0.1, -0.05) is 6.07 Å². The van der Waals surface area contributed by atoms with E-state index in [4.69, 9.17) is 0 Å². The molecule has 0 bridgehead atoms. The standard InChI is InChI=1S/C15H17N3O2/c19-14(10-4-5-10)17-8-9-18-15(20)12-2-1-3-13-11(12)6-7-16-13/h1-3,6-7,10,16H,4-5,8-9H2,(H,17,19)(H,18,20). The summed E-state index contributed by atoms with van der Waals surface area (Å²) < 4.78 is 0. The predicted octanol–water partition coefficient (Wildman–Crippen LogP) is 1.42. The van der Waals surface area contributed by atoms with Gasteiger partial charge in [-0.15, -0.1) is 0 Å². The Balaban J connectivity index is 1.53. The number of rotatable bonds is 5. The van der Waals surface area contributed by atoms with Crippen molar-refractivity contribution in [3.63, 3.8) is 0 Å². The van der Waals surface area contributed by atoms with Crippen LogP contribution in [0.2, 0.25) is 0 Å². The Kier molecular flexibility index (Phi) is 3.41. The number of H-pyrrole nitrogens is 1. The highest BCUT2D eigenvalue weighted by molar-refractivity contribution is 6.06. The van der Waals surface area contributed by atoms with Crippen molar-refractivity contribution in [3.05, 3.63) is 36.0 Å². The molecule has 3 N–H and O–H groups in total. The molecule has 5 heteroatoms. The maximum Gasteiger partial charge on any atom is 0.252 e. The van der Waals surface area contributed by atoms with E-state index in [0.717, 1.165) is 23.7 Å². The normalized spacial score (nSPS) is 14.2. The second-order valence-corrected chi connectivity index (χ2v) is 5.07. The van der Waals surface area contributed by atoms with Crippen LogP contribution in [0, 0.1) is 5.92 Å². The first-order chi connectivity index (χ1) is 9.75. The zero-order chi connectivity index (χ0) is 13.9. The van der Waals surface area contributed by atoms with Crippen molar-refractivity contribution < 1.29 is 9.59 Å². The molecule has 1 aliphatic rings. The summed E-state index contributed by atoms with van der Waals surface area (Å²) in [4.78, 5) is 26.6. The third-order valence-corrected chi connectivity index (χ3v) is 3.50. The van der Waals surface area contributed by atoms with Gasteiger partial charge in [-0.3, -0.25) is 9.59 Å². The molecule has 20 heavy (non-hydrogen) atoms. The van der Waals surface area contributed by atoms with Crippen LogP contribution in [0.5, 0.6) is 0 Å². The quantitative estimate of drug-likeness (QED) is 0.720. The lowest BCUT2D eigenvalue weighted by Gasteiger charge is -2.07. The molecule has 1 aromatic heterocycles. The van der Waals surface area contributed by atoms with E-state index >= 15 is 0 Å². The van der Waals surface area contributed by atoms with E-state index in [1.807, 2.05) is 24.4 Å². The zero-order valence-electron chi connectivity index (χ0n) is 11.1. The number of aromatic amines is 1. The van der Waals surface area contributed by atoms with Gasteiger partial charge in [0.05, 0.1) is 0 Å². The number of carbonyl (C=O) groups excluding carboxylic acids is 2. The largest absolute Gasteiger partial charge is 0.361 e. The Bertz CT molecular complexity index is 643. The van der Waals surface area contributed by atoms with Crippen molar-refractivity contribution in [2.24, 2.45) is 5.92 Å². The average molecular weight is 271 g/mol. The maximum absolute atomic E-state index is 12.1. The number of hydrogen-bond acceptors (Lipinski definition) is 2. The minimum atomic E-state index is -0.115. The van der Waals surface area contributed by atoms with Crippen LogP contribution in [0.1, 0.15) is 23.2 Å². The summed E-state index contributed by atoms with van der Waals surface area (Å²) >= 11 is 0. The fourth-order valence-electron chi connectivity index (χ4n) is 2.23. The highest BCUT2D eigenvalue weighted by Crippen LogP contribution is 2.28. The van der Waals surface area contributed by atoms with Crippen molar-refractivity contribution in [1.29, 1.82) is 0 Å². The molecule has 0 saturated heterocycles. The van der Waals surface area contributed by atoms with E-state index in [-0.39, 0.29) is 17.7 Å². The van der Waals surface area contributed by atoms with Gasteiger partial charge >= 0.3 is 0 Å². The molecule has 1 aromatic carbocycles. The Labute approximate surface area is 116 Å². The van der Waals surface area contributed by atoms with Crippen LogP contribution < -0.4 is 10.6 Å². The van der Waals surface area contributed by atoms with E-state index < -0.39 is 0 Å². The molecular formula is C15H17N3O2. The van der Waals surface area contributed by atoms with Crippen LogP contribution in [-0.4, -0.2) is 29.9 Å². The SMILES string of the molecule is O=C(NCCNC(=O)C1CC1)c1cccc2[nH]ccc12. The van der Waals surface area contributed by atoms with Crippen molar-refractivity contribution >= 4 is 22.7 Å². The minimum Gasteiger partial charge on any atom is -0.361 e. The van der Waals surface area contributed by atoms with Gasteiger partial charge in [-0.2, -0.15) is 0 Å². The van der Waals surface area contributed by atoms with Gasteiger partial charge in [0.1, 0.15) is 0 Å². The molecule has 0 aliphatic heterocycles. The lowest BCUT2D eigenvalue weighted by atomic mass is 10.1. The Morgan fingerprint density at radius 3 is 2.75 bits per heavy atom. The monoisotopic (exact) mass is 271 g/mol. The molecule has 5 nitrogen and oxygen atoms in total. The molecule has 1 heterocycles. The first-order valence-electron chi connectivity index (χ1n) is 6.88. The second-order valence-electron chi connectivity index (χ2n) is 5.07. The topological polar surface area (TPSA) is 74.0 Å². The molecule has 0 radical (unpaired) electrons. The van der Waals surface area contributed by atoms with Gasteiger partial charge < -0.3 is 15.6 Å². The summed E-state index contributed by atoms with van der Waals surface area (Å²) in [5.74, 6) is 0.196. The van der Waals surface area contributed by atoms with E-state index in [2.05, 4.69) is 15.6 Å². The first kappa shape index (κ1) is 12.7. The van der Waals surface area contributed by atoms with Crippen molar-refractivity contribution in [2.45, 2.75) is 12.8 Å². The Morgan fingerprint density at radius 2 is 1.95 bits per heavy atom. The Morgan fingerprint density at radius 1 is 1.15 bits per heavy atom. The van der Waals surface area contributed by atoms with E-state index in [1.165, 1.54) is 0 Å². The van der Waals surface area contributed by atoms with Gasteiger partial charge in [0.25, 0.3) is 5.91 Å². The van der Waals surface area contributed by atoms with E-state index in [1.54, 1.807) is 6.07 Å². The summed E-state index contributed by atoms with van der Waals surface area (Å²) in [6.45, 7) is 0.919. The average Bonchev–Trinajstić information content (AvgIpc) is 3.20. The number of benzene rings is 1. The summed E-state index contributed by atoms with van der Waals surface area (Å²) in [5.41, 5.74) is 1.59. The number of nitrogens with one attached hydrogen (secondary N) is 3. The Hall–Kier alpha value is -2.30. The third kappa shape index (κ3) is 2.66. The number of carbonyl (C=O) groups is 2. The molecule has 0 spiro atoms. The molecule has 2 aromatic rings. The number of fused-ring (bicyclic) bond motifs is 1. The molecule has 0 unspecified atom stereocenters. The second kappa shape index (κ2) is 5.36. The first-order valence-corrected chi connectivity index (χ1v) is 6.88. The van der Waals surface area contributed by atoms with Gasteiger partial charge in [0.2, 0.25) is 5.91 Å². The number of aromatic nitrogens is 1. The molecule has 0 atom stereocenters.